The van der Waals surface area contributed by atoms with Crippen LogP contribution in [0.4, 0.5) is 13.2 Å². The van der Waals surface area contributed by atoms with Crippen molar-refractivity contribution in [1.82, 2.24) is 19.9 Å². The maximum Gasteiger partial charge on any atom is 0.490 e. The van der Waals surface area contributed by atoms with Crippen molar-refractivity contribution < 1.29 is 32.4 Å². The number of hydrogen-bond donors (Lipinski definition) is 1. The molecule has 0 unspecified atom stereocenters. The van der Waals surface area contributed by atoms with E-state index in [1.807, 2.05) is 35.4 Å². The summed E-state index contributed by atoms with van der Waals surface area (Å²) in [5.74, 6) is -2.69. The van der Waals surface area contributed by atoms with Crippen molar-refractivity contribution in [3.63, 3.8) is 0 Å². The first-order valence-corrected chi connectivity index (χ1v) is 10.5. The third-order valence-electron chi connectivity index (χ3n) is 4.83. The van der Waals surface area contributed by atoms with Crippen LogP contribution in [0.2, 0.25) is 0 Å². The average molecular weight is 470 g/mol. The molecule has 0 atom stereocenters. The van der Waals surface area contributed by atoms with Crippen molar-refractivity contribution in [3.05, 3.63) is 34.2 Å². The minimum Gasteiger partial charge on any atom is -0.475 e. The van der Waals surface area contributed by atoms with Crippen molar-refractivity contribution in [3.8, 4) is 11.4 Å². The van der Waals surface area contributed by atoms with Crippen LogP contribution in [0.25, 0.3) is 22.4 Å². The smallest absolute Gasteiger partial charge is 0.475 e. The summed E-state index contributed by atoms with van der Waals surface area (Å²) in [6.07, 6.45) is -4.08. The SMILES string of the molecule is Cc1nc(-c2noc3ccc(C(=O)N4CCCN(C)CC4)cc23)cs1.O=C(O)C(F)(F)F. The second-order valence-corrected chi connectivity index (χ2v) is 8.31. The van der Waals surface area contributed by atoms with Crippen LogP contribution in [0.5, 0.6) is 0 Å². The van der Waals surface area contributed by atoms with Crippen LogP contribution in [0, 0.1) is 6.92 Å². The van der Waals surface area contributed by atoms with Crippen LogP contribution in [0.15, 0.2) is 28.1 Å². The van der Waals surface area contributed by atoms with E-state index in [1.54, 1.807) is 11.3 Å². The Kier molecular flexibility index (Phi) is 7.14. The van der Waals surface area contributed by atoms with Crippen molar-refractivity contribution in [2.75, 3.05) is 33.2 Å². The topological polar surface area (TPSA) is 99.8 Å². The molecule has 172 valence electrons. The number of hydrogen-bond acceptors (Lipinski definition) is 7. The van der Waals surface area contributed by atoms with Crippen LogP contribution in [-0.2, 0) is 4.79 Å². The predicted octanol–water partition coefficient (Wildman–Crippen LogP) is 3.67. The summed E-state index contributed by atoms with van der Waals surface area (Å²) in [7, 11) is 2.10. The van der Waals surface area contributed by atoms with Gasteiger partial charge in [0.25, 0.3) is 5.91 Å². The van der Waals surface area contributed by atoms with Crippen molar-refractivity contribution in [2.24, 2.45) is 0 Å². The number of carbonyl (C=O) groups excluding carboxylic acids is 1. The number of likely N-dealkylation sites (N-methyl/N-ethyl adjacent to an activating group) is 1. The number of carbonyl (C=O) groups is 2. The summed E-state index contributed by atoms with van der Waals surface area (Å²) in [5, 5.41) is 15.1. The van der Waals surface area contributed by atoms with E-state index in [0.29, 0.717) is 16.8 Å². The molecule has 12 heteroatoms. The molecule has 1 aromatic carbocycles. The van der Waals surface area contributed by atoms with Crippen molar-refractivity contribution in [1.29, 1.82) is 0 Å². The average Bonchev–Trinajstić information content (AvgIpc) is 3.28. The van der Waals surface area contributed by atoms with Crippen molar-refractivity contribution >= 4 is 34.2 Å². The Bertz CT molecular complexity index is 1110. The first-order valence-electron chi connectivity index (χ1n) is 9.66. The Hall–Kier alpha value is -2.99. The van der Waals surface area contributed by atoms with Crippen LogP contribution in [0.1, 0.15) is 21.8 Å². The summed E-state index contributed by atoms with van der Waals surface area (Å²) < 4.78 is 37.1. The molecular weight excluding hydrogens is 449 g/mol. The zero-order valence-electron chi connectivity index (χ0n) is 17.3. The van der Waals surface area contributed by atoms with Gasteiger partial charge in [0.2, 0.25) is 0 Å². The normalized spacial score (nSPS) is 15.2. The second kappa shape index (κ2) is 9.65. The van der Waals surface area contributed by atoms with E-state index in [0.717, 1.165) is 48.7 Å². The molecule has 0 bridgehead atoms. The second-order valence-electron chi connectivity index (χ2n) is 7.25. The van der Waals surface area contributed by atoms with E-state index in [-0.39, 0.29) is 5.91 Å². The maximum absolute atomic E-state index is 12.9. The fourth-order valence-electron chi connectivity index (χ4n) is 3.16. The summed E-state index contributed by atoms with van der Waals surface area (Å²) in [6.45, 7) is 5.45. The standard InChI is InChI=1S/C18H20N4O2S.C2HF3O2/c1-12-19-15(11-25-12)17-14-10-13(4-5-16(14)24-20-17)18(23)22-7-3-6-21(2)8-9-22;3-2(4,5)1(6)7/h4-5,10-11H,3,6-9H2,1-2H3;(H,6,7). The van der Waals surface area contributed by atoms with Crippen LogP contribution in [0.3, 0.4) is 0 Å². The van der Waals surface area contributed by atoms with E-state index in [9.17, 15) is 18.0 Å². The van der Waals surface area contributed by atoms with Crippen molar-refractivity contribution in [2.45, 2.75) is 19.5 Å². The molecule has 1 aliphatic heterocycles. The van der Waals surface area contributed by atoms with Gasteiger partial charge in [0.05, 0.1) is 10.4 Å². The monoisotopic (exact) mass is 470 g/mol. The summed E-state index contributed by atoms with van der Waals surface area (Å²) in [6, 6.07) is 5.52. The summed E-state index contributed by atoms with van der Waals surface area (Å²) >= 11 is 1.57. The molecule has 0 spiro atoms. The van der Waals surface area contributed by atoms with Crippen LogP contribution < -0.4 is 0 Å². The lowest BCUT2D eigenvalue weighted by Crippen LogP contribution is -2.34. The lowest BCUT2D eigenvalue weighted by atomic mass is 10.1. The fraction of sp³-hybridized carbons (Fsp3) is 0.400. The molecule has 8 nitrogen and oxygen atoms in total. The zero-order valence-corrected chi connectivity index (χ0v) is 18.2. The highest BCUT2D eigenvalue weighted by Gasteiger charge is 2.38. The van der Waals surface area contributed by atoms with Gasteiger partial charge < -0.3 is 19.4 Å². The van der Waals surface area contributed by atoms with Gasteiger partial charge in [0.1, 0.15) is 11.4 Å². The highest BCUT2D eigenvalue weighted by Crippen LogP contribution is 2.29. The molecule has 0 saturated carbocycles. The molecule has 1 saturated heterocycles. The number of rotatable bonds is 2. The molecule has 0 radical (unpaired) electrons. The summed E-state index contributed by atoms with van der Waals surface area (Å²) in [4.78, 5) is 30.5. The molecule has 32 heavy (non-hydrogen) atoms. The zero-order chi connectivity index (χ0) is 23.5. The molecular formula is C20H21F3N4O4S. The number of nitrogens with zero attached hydrogens (tertiary/aromatic N) is 4. The number of halogens is 3. The lowest BCUT2D eigenvalue weighted by molar-refractivity contribution is -0.192. The quantitative estimate of drug-likeness (QED) is 0.610. The molecule has 1 aliphatic rings. The number of thiazole rings is 1. The van der Waals surface area contributed by atoms with Gasteiger partial charge in [-0.1, -0.05) is 5.16 Å². The number of carboxylic acid groups (broad SMARTS) is 1. The number of carboxylic acids is 1. The van der Waals surface area contributed by atoms with E-state index < -0.39 is 12.1 Å². The predicted molar refractivity (Wildman–Crippen MR) is 112 cm³/mol. The number of aryl methyl sites for hydroxylation is 1. The Morgan fingerprint density at radius 2 is 1.91 bits per heavy atom. The highest BCUT2D eigenvalue weighted by molar-refractivity contribution is 7.09. The molecule has 3 aromatic rings. The van der Waals surface area contributed by atoms with E-state index in [1.165, 1.54) is 0 Å². The van der Waals surface area contributed by atoms with Gasteiger partial charge in [0.15, 0.2) is 5.58 Å². The van der Waals surface area contributed by atoms with E-state index >= 15 is 0 Å². The third kappa shape index (κ3) is 5.62. The molecule has 1 amide bonds. The summed E-state index contributed by atoms with van der Waals surface area (Å²) in [5.41, 5.74) is 2.84. The lowest BCUT2D eigenvalue weighted by Gasteiger charge is -2.20. The Morgan fingerprint density at radius 1 is 1.19 bits per heavy atom. The molecule has 3 heterocycles. The number of benzene rings is 1. The Balaban J connectivity index is 0.000000360. The number of aliphatic carboxylic acids is 1. The first kappa shape index (κ1) is 23.7. The van der Waals surface area contributed by atoms with Gasteiger partial charge >= 0.3 is 12.1 Å². The van der Waals surface area contributed by atoms with E-state index in [4.69, 9.17) is 14.4 Å². The largest absolute Gasteiger partial charge is 0.490 e. The molecule has 1 fully saturated rings. The van der Waals surface area contributed by atoms with Gasteiger partial charge in [-0.25, -0.2) is 9.78 Å². The highest BCUT2D eigenvalue weighted by atomic mass is 32.1. The fourth-order valence-corrected chi connectivity index (χ4v) is 3.76. The number of fused-ring (bicyclic) bond motifs is 1. The van der Waals surface area contributed by atoms with Gasteiger partial charge in [0, 0.05) is 30.6 Å². The maximum atomic E-state index is 12.9. The molecule has 0 aliphatic carbocycles. The Morgan fingerprint density at radius 3 is 2.53 bits per heavy atom. The molecule has 4 rings (SSSR count). The number of alkyl halides is 3. The van der Waals surface area contributed by atoms with E-state index in [2.05, 4.69) is 22.1 Å². The van der Waals surface area contributed by atoms with Crippen LogP contribution >= 0.6 is 11.3 Å². The number of amides is 1. The van der Waals surface area contributed by atoms with Gasteiger partial charge in [-0.05, 0) is 45.1 Å². The first-order chi connectivity index (χ1) is 15.1. The van der Waals surface area contributed by atoms with Gasteiger partial charge in [-0.15, -0.1) is 11.3 Å². The number of aromatic nitrogens is 2. The minimum atomic E-state index is -5.08. The van der Waals surface area contributed by atoms with Gasteiger partial charge in [-0.2, -0.15) is 13.2 Å². The van der Waals surface area contributed by atoms with Gasteiger partial charge in [-0.3, -0.25) is 4.79 Å². The Labute approximate surface area is 185 Å². The minimum absolute atomic E-state index is 0.0683. The van der Waals surface area contributed by atoms with Crippen LogP contribution in [-0.4, -0.2) is 76.3 Å². The molecule has 2 aromatic heterocycles. The third-order valence-corrected chi connectivity index (χ3v) is 5.60. The molecule has 1 N–H and O–H groups in total.